The van der Waals surface area contributed by atoms with E-state index in [9.17, 15) is 18.0 Å². The Morgan fingerprint density at radius 1 is 1.41 bits per heavy atom. The zero-order chi connectivity index (χ0) is 13.5. The Hall–Kier alpha value is -0.980. The molecule has 102 valence electrons. The number of aliphatic hydroxyl groups excluding tert-OH is 1. The third-order valence-electron chi connectivity index (χ3n) is 2.41. The van der Waals surface area contributed by atoms with E-state index in [1.165, 1.54) is 11.9 Å². The number of hydrogen-bond donors (Lipinski definition) is 2. The van der Waals surface area contributed by atoms with Crippen LogP contribution in [0.15, 0.2) is 0 Å². The highest BCUT2D eigenvalue weighted by molar-refractivity contribution is 5.74. The Balaban J connectivity index is 3.65. The van der Waals surface area contributed by atoms with Crippen molar-refractivity contribution in [1.29, 1.82) is 0 Å². The van der Waals surface area contributed by atoms with Crippen molar-refractivity contribution in [2.24, 2.45) is 0 Å². The average Bonchev–Trinajstić information content (AvgIpc) is 2.24. The molecule has 4 nitrogen and oxygen atoms in total. The molecule has 0 radical (unpaired) electrons. The maximum atomic E-state index is 11.8. The fourth-order valence-corrected chi connectivity index (χ4v) is 1.09. The van der Waals surface area contributed by atoms with Crippen molar-refractivity contribution < 1.29 is 23.1 Å². The van der Waals surface area contributed by atoms with E-state index < -0.39 is 18.6 Å². The smallest absolute Gasteiger partial charge is 0.389 e. The van der Waals surface area contributed by atoms with Gasteiger partial charge in [-0.3, -0.25) is 0 Å². The summed E-state index contributed by atoms with van der Waals surface area (Å²) in [7, 11) is 1.52. The molecule has 0 bridgehead atoms. The molecule has 0 aliphatic heterocycles. The Morgan fingerprint density at radius 2 is 2.00 bits per heavy atom. The van der Waals surface area contributed by atoms with Gasteiger partial charge in [-0.15, -0.1) is 0 Å². The van der Waals surface area contributed by atoms with Crippen LogP contribution >= 0.6 is 0 Å². The van der Waals surface area contributed by atoms with Gasteiger partial charge in [-0.25, -0.2) is 4.79 Å². The van der Waals surface area contributed by atoms with Crippen LogP contribution in [0.1, 0.15) is 26.2 Å². The summed E-state index contributed by atoms with van der Waals surface area (Å²) in [5.74, 6) is 0. The third-order valence-corrected chi connectivity index (χ3v) is 2.41. The first-order chi connectivity index (χ1) is 7.78. The van der Waals surface area contributed by atoms with Crippen LogP contribution < -0.4 is 5.32 Å². The molecule has 0 rings (SSSR count). The van der Waals surface area contributed by atoms with Crippen LogP contribution in [0.2, 0.25) is 0 Å². The number of urea groups is 1. The predicted molar refractivity (Wildman–Crippen MR) is 57.6 cm³/mol. The van der Waals surface area contributed by atoms with Crippen LogP contribution in [0.5, 0.6) is 0 Å². The van der Waals surface area contributed by atoms with Crippen LogP contribution in [0.3, 0.4) is 0 Å². The molecule has 0 saturated heterocycles. The van der Waals surface area contributed by atoms with Gasteiger partial charge >= 0.3 is 12.2 Å². The zero-order valence-electron chi connectivity index (χ0n) is 10.0. The number of amides is 2. The van der Waals surface area contributed by atoms with Crippen molar-refractivity contribution in [2.45, 2.75) is 38.4 Å². The number of nitrogens with one attached hydrogen (secondary N) is 1. The van der Waals surface area contributed by atoms with E-state index in [0.29, 0.717) is 0 Å². The molecule has 17 heavy (non-hydrogen) atoms. The van der Waals surface area contributed by atoms with E-state index in [2.05, 4.69) is 5.32 Å². The number of rotatable bonds is 6. The zero-order valence-corrected chi connectivity index (χ0v) is 10.0. The summed E-state index contributed by atoms with van der Waals surface area (Å²) < 4.78 is 35.4. The summed E-state index contributed by atoms with van der Waals surface area (Å²) in [6, 6.07) is -0.705. The van der Waals surface area contributed by atoms with Crippen LogP contribution in [0, 0.1) is 0 Å². The van der Waals surface area contributed by atoms with Gasteiger partial charge in [-0.05, 0) is 19.8 Å². The molecule has 0 heterocycles. The van der Waals surface area contributed by atoms with Crippen molar-refractivity contribution >= 4 is 6.03 Å². The van der Waals surface area contributed by atoms with Crippen LogP contribution in [-0.2, 0) is 0 Å². The summed E-state index contributed by atoms with van der Waals surface area (Å²) in [5.41, 5.74) is 0. The van der Waals surface area contributed by atoms with Crippen molar-refractivity contribution in [3.05, 3.63) is 0 Å². The summed E-state index contributed by atoms with van der Waals surface area (Å²) in [4.78, 5) is 12.7. The Bertz CT molecular complexity index is 234. The van der Waals surface area contributed by atoms with E-state index in [1.54, 1.807) is 6.92 Å². The molecule has 1 atom stereocenters. The van der Waals surface area contributed by atoms with Gasteiger partial charge in [0.1, 0.15) is 0 Å². The molecule has 0 spiro atoms. The fraction of sp³-hybridized carbons (Fsp3) is 0.900. The van der Waals surface area contributed by atoms with Crippen molar-refractivity contribution in [2.75, 3.05) is 20.2 Å². The summed E-state index contributed by atoms with van der Waals surface area (Å²) in [6.45, 7) is 1.72. The minimum atomic E-state index is -4.13. The minimum absolute atomic E-state index is 0.00302. The van der Waals surface area contributed by atoms with Gasteiger partial charge in [0.15, 0.2) is 0 Å². The molecule has 2 N–H and O–H groups in total. The standard InChI is InChI=1S/C10H19F3N2O2/c1-8(7-16)15(2)9(17)14-6-4-3-5-10(11,12)13/h8,16H,3-7H2,1-2H3,(H,14,17). The number of nitrogens with zero attached hydrogens (tertiary/aromatic N) is 1. The summed E-state index contributed by atoms with van der Waals surface area (Å²) in [6.07, 6.45) is -4.67. The molecule has 0 aromatic carbocycles. The number of alkyl halides is 3. The quantitative estimate of drug-likeness (QED) is 0.711. The lowest BCUT2D eigenvalue weighted by atomic mass is 10.2. The first-order valence-electron chi connectivity index (χ1n) is 5.46. The molecular weight excluding hydrogens is 237 g/mol. The van der Waals surface area contributed by atoms with Crippen molar-refractivity contribution in [1.82, 2.24) is 10.2 Å². The minimum Gasteiger partial charge on any atom is -0.394 e. The lowest BCUT2D eigenvalue weighted by Crippen LogP contribution is -2.44. The van der Waals surface area contributed by atoms with E-state index in [1.807, 2.05) is 0 Å². The number of unbranched alkanes of at least 4 members (excludes halogenated alkanes) is 1. The third kappa shape index (κ3) is 7.84. The number of aliphatic hydroxyl groups is 1. The van der Waals surface area contributed by atoms with Gasteiger partial charge in [-0.1, -0.05) is 0 Å². The molecule has 2 amide bonds. The highest BCUT2D eigenvalue weighted by Crippen LogP contribution is 2.21. The molecule has 0 saturated carbocycles. The van der Waals surface area contributed by atoms with E-state index in [4.69, 9.17) is 5.11 Å². The maximum absolute atomic E-state index is 11.8. The first kappa shape index (κ1) is 16.0. The van der Waals surface area contributed by atoms with Crippen LogP contribution in [0.25, 0.3) is 0 Å². The molecular formula is C10H19F3N2O2. The maximum Gasteiger partial charge on any atom is 0.389 e. The molecule has 0 aliphatic carbocycles. The predicted octanol–water partition coefficient (Wildman–Crippen LogP) is 1.74. The SMILES string of the molecule is CC(CO)N(C)C(=O)NCCCCC(F)(F)F. The second-order valence-electron chi connectivity index (χ2n) is 3.95. The second kappa shape index (κ2) is 7.37. The molecule has 7 heteroatoms. The van der Waals surface area contributed by atoms with E-state index >= 15 is 0 Å². The topological polar surface area (TPSA) is 52.6 Å². The Labute approximate surface area is 98.8 Å². The van der Waals surface area contributed by atoms with Gasteiger partial charge in [0, 0.05) is 20.0 Å². The van der Waals surface area contributed by atoms with Gasteiger partial charge in [0.25, 0.3) is 0 Å². The molecule has 0 aliphatic rings. The van der Waals surface area contributed by atoms with Crippen molar-refractivity contribution in [3.8, 4) is 0 Å². The summed E-state index contributed by atoms with van der Waals surface area (Å²) in [5, 5.41) is 11.3. The number of likely N-dealkylation sites (N-methyl/N-ethyl adjacent to an activating group) is 1. The molecule has 1 unspecified atom stereocenters. The average molecular weight is 256 g/mol. The number of hydrogen-bond acceptors (Lipinski definition) is 2. The highest BCUT2D eigenvalue weighted by atomic mass is 19.4. The Morgan fingerprint density at radius 3 is 2.47 bits per heavy atom. The van der Waals surface area contributed by atoms with Gasteiger partial charge in [-0.2, -0.15) is 13.2 Å². The second-order valence-corrected chi connectivity index (χ2v) is 3.95. The lowest BCUT2D eigenvalue weighted by Gasteiger charge is -2.23. The lowest BCUT2D eigenvalue weighted by molar-refractivity contribution is -0.135. The monoisotopic (exact) mass is 256 g/mol. The molecule has 0 fully saturated rings. The van der Waals surface area contributed by atoms with Gasteiger partial charge < -0.3 is 15.3 Å². The first-order valence-corrected chi connectivity index (χ1v) is 5.46. The summed E-state index contributed by atoms with van der Waals surface area (Å²) >= 11 is 0. The molecule has 0 aromatic heterocycles. The van der Waals surface area contributed by atoms with Gasteiger partial charge in [0.05, 0.1) is 12.6 Å². The van der Waals surface area contributed by atoms with E-state index in [0.717, 1.165) is 0 Å². The van der Waals surface area contributed by atoms with E-state index in [-0.39, 0.29) is 32.0 Å². The normalized spacial score (nSPS) is 13.3. The number of carbonyl (C=O) groups is 1. The highest BCUT2D eigenvalue weighted by Gasteiger charge is 2.25. The van der Waals surface area contributed by atoms with Gasteiger partial charge in [0.2, 0.25) is 0 Å². The number of carbonyl (C=O) groups excluding carboxylic acids is 1. The Kier molecular flexibility index (Phi) is 6.94. The van der Waals surface area contributed by atoms with Crippen molar-refractivity contribution in [3.63, 3.8) is 0 Å². The molecule has 0 aromatic rings. The fourth-order valence-electron chi connectivity index (χ4n) is 1.09. The number of halogens is 3. The largest absolute Gasteiger partial charge is 0.394 e. The van der Waals surface area contributed by atoms with Crippen LogP contribution in [-0.4, -0.2) is 48.5 Å². The van der Waals surface area contributed by atoms with Crippen LogP contribution in [0.4, 0.5) is 18.0 Å².